The lowest BCUT2D eigenvalue weighted by Gasteiger charge is -2.35. The fraction of sp³-hybridized carbons (Fsp3) is 0.500. The number of fused-ring (bicyclic) bond motifs is 3. The van der Waals surface area contributed by atoms with Crippen LogP contribution in [0.3, 0.4) is 0 Å². The topological polar surface area (TPSA) is 116 Å². The third-order valence-electron chi connectivity index (χ3n) is 6.02. The Morgan fingerprint density at radius 2 is 1.93 bits per heavy atom. The number of benzene rings is 1. The molecule has 1 aromatic carbocycles. The van der Waals surface area contributed by atoms with Gasteiger partial charge >= 0.3 is 0 Å². The second kappa shape index (κ2) is 7.30. The third-order valence-corrected chi connectivity index (χ3v) is 6.02. The Morgan fingerprint density at radius 1 is 1.21 bits per heavy atom. The number of anilines is 2. The SMILES string of the molecule is CC(=O)Nc1c(O[C@H]2CC[C@H](N)CC2)ccc2c1CC(C)(C)c1c(N)ncnc1-2. The standard InChI is InChI=1S/C22H29N5O2/c1-12(28)27-19-16-10-22(2,3)18-20(25-11-26-21(18)24)15(16)8-9-17(19)29-14-6-4-13(23)5-7-14/h8-9,11,13-14H,4-7,10,23H2,1-3H3,(H,27,28)(H2,24,25,26)/t13-,14-. The summed E-state index contributed by atoms with van der Waals surface area (Å²) in [5.41, 5.74) is 16.5. The van der Waals surface area contributed by atoms with Gasteiger partial charge in [0, 0.05) is 24.1 Å². The highest BCUT2D eigenvalue weighted by Crippen LogP contribution is 2.48. The highest BCUT2D eigenvalue weighted by atomic mass is 16.5. The molecule has 1 fully saturated rings. The number of nitrogens with zero attached hydrogens (tertiary/aromatic N) is 2. The molecule has 5 N–H and O–H groups in total. The van der Waals surface area contributed by atoms with Crippen molar-refractivity contribution in [3.63, 3.8) is 0 Å². The van der Waals surface area contributed by atoms with Crippen LogP contribution in [-0.2, 0) is 16.6 Å². The van der Waals surface area contributed by atoms with E-state index in [0.717, 1.165) is 53.8 Å². The van der Waals surface area contributed by atoms with Crippen molar-refractivity contribution >= 4 is 17.4 Å². The van der Waals surface area contributed by atoms with E-state index in [1.54, 1.807) is 0 Å². The number of aromatic nitrogens is 2. The minimum atomic E-state index is -0.267. The molecular weight excluding hydrogens is 366 g/mol. The Morgan fingerprint density at radius 3 is 2.62 bits per heavy atom. The molecule has 1 saturated carbocycles. The number of rotatable bonds is 3. The zero-order valence-corrected chi connectivity index (χ0v) is 17.3. The van der Waals surface area contributed by atoms with Gasteiger partial charge in [0.05, 0.1) is 17.5 Å². The molecule has 1 amide bonds. The number of amides is 1. The zero-order valence-electron chi connectivity index (χ0n) is 17.3. The van der Waals surface area contributed by atoms with Crippen molar-refractivity contribution in [3.8, 4) is 17.0 Å². The molecular formula is C22H29N5O2. The molecule has 2 aliphatic carbocycles. The first-order valence-electron chi connectivity index (χ1n) is 10.2. The lowest BCUT2D eigenvalue weighted by molar-refractivity contribution is -0.114. The minimum Gasteiger partial charge on any atom is -0.488 e. The van der Waals surface area contributed by atoms with Gasteiger partial charge in [-0.25, -0.2) is 9.97 Å². The minimum absolute atomic E-state index is 0.113. The second-order valence-corrected chi connectivity index (χ2v) is 8.84. The van der Waals surface area contributed by atoms with E-state index in [9.17, 15) is 4.79 Å². The summed E-state index contributed by atoms with van der Waals surface area (Å²) >= 11 is 0. The summed E-state index contributed by atoms with van der Waals surface area (Å²) in [6.07, 6.45) is 6.08. The highest BCUT2D eigenvalue weighted by molar-refractivity contribution is 5.94. The van der Waals surface area contributed by atoms with Gasteiger partial charge in [-0.2, -0.15) is 0 Å². The number of nitrogens with one attached hydrogen (secondary N) is 1. The molecule has 4 rings (SSSR count). The molecule has 1 heterocycles. The predicted molar refractivity (Wildman–Crippen MR) is 114 cm³/mol. The molecule has 0 spiro atoms. The van der Waals surface area contributed by atoms with Crippen LogP contribution in [-0.4, -0.2) is 28.0 Å². The predicted octanol–water partition coefficient (Wildman–Crippen LogP) is 3.17. The molecule has 0 radical (unpaired) electrons. The van der Waals surface area contributed by atoms with Gasteiger partial charge in [-0.05, 0) is 55.2 Å². The van der Waals surface area contributed by atoms with Crippen LogP contribution in [0, 0.1) is 0 Å². The van der Waals surface area contributed by atoms with Crippen molar-refractivity contribution in [1.29, 1.82) is 0 Å². The molecule has 1 aromatic heterocycles. The monoisotopic (exact) mass is 395 g/mol. The Hall–Kier alpha value is -2.67. The molecule has 0 saturated heterocycles. The first kappa shape index (κ1) is 19.6. The van der Waals surface area contributed by atoms with Crippen LogP contribution in [0.2, 0.25) is 0 Å². The molecule has 0 unspecified atom stereocenters. The summed E-state index contributed by atoms with van der Waals surface area (Å²) in [5.74, 6) is 1.09. The van der Waals surface area contributed by atoms with Crippen LogP contribution in [0.15, 0.2) is 18.5 Å². The fourth-order valence-corrected chi connectivity index (χ4v) is 4.63. The van der Waals surface area contributed by atoms with Gasteiger partial charge < -0.3 is 21.5 Å². The Labute approximate surface area is 171 Å². The molecule has 0 bridgehead atoms. The maximum Gasteiger partial charge on any atom is 0.221 e. The first-order chi connectivity index (χ1) is 13.8. The van der Waals surface area contributed by atoms with Crippen molar-refractivity contribution in [3.05, 3.63) is 29.6 Å². The van der Waals surface area contributed by atoms with Crippen LogP contribution >= 0.6 is 0 Å². The van der Waals surface area contributed by atoms with E-state index in [4.69, 9.17) is 16.2 Å². The number of carbonyl (C=O) groups is 1. The lowest BCUT2D eigenvalue weighted by Crippen LogP contribution is -2.32. The number of hydrogen-bond acceptors (Lipinski definition) is 6. The van der Waals surface area contributed by atoms with Crippen molar-refractivity contribution in [1.82, 2.24) is 9.97 Å². The molecule has 7 nitrogen and oxygen atoms in total. The Kier molecular flexibility index (Phi) is 4.94. The summed E-state index contributed by atoms with van der Waals surface area (Å²) < 4.78 is 6.35. The summed E-state index contributed by atoms with van der Waals surface area (Å²) in [5, 5.41) is 3.02. The number of hydrogen-bond donors (Lipinski definition) is 3. The summed E-state index contributed by atoms with van der Waals surface area (Å²) in [6, 6.07) is 4.21. The van der Waals surface area contributed by atoms with E-state index in [-0.39, 0.29) is 23.5 Å². The van der Waals surface area contributed by atoms with Crippen LogP contribution in [0.5, 0.6) is 5.75 Å². The Bertz CT molecular complexity index is 948. The molecule has 29 heavy (non-hydrogen) atoms. The van der Waals surface area contributed by atoms with Crippen molar-refractivity contribution in [2.24, 2.45) is 5.73 Å². The van der Waals surface area contributed by atoms with Crippen LogP contribution in [0.4, 0.5) is 11.5 Å². The van der Waals surface area contributed by atoms with Gasteiger partial charge in [0.1, 0.15) is 17.9 Å². The normalized spacial score (nSPS) is 22.3. The van der Waals surface area contributed by atoms with E-state index in [0.29, 0.717) is 18.0 Å². The average Bonchev–Trinajstić information content (AvgIpc) is 2.65. The zero-order chi connectivity index (χ0) is 20.8. The summed E-state index contributed by atoms with van der Waals surface area (Å²) in [7, 11) is 0. The number of ether oxygens (including phenoxy) is 1. The van der Waals surface area contributed by atoms with Crippen molar-refractivity contribution in [2.75, 3.05) is 11.1 Å². The lowest BCUT2D eigenvalue weighted by atomic mass is 9.71. The molecule has 0 aliphatic heterocycles. The van der Waals surface area contributed by atoms with Gasteiger partial charge in [0.25, 0.3) is 0 Å². The highest BCUT2D eigenvalue weighted by Gasteiger charge is 2.37. The maximum absolute atomic E-state index is 12.0. The van der Waals surface area contributed by atoms with E-state index < -0.39 is 0 Å². The molecule has 2 aromatic rings. The van der Waals surface area contributed by atoms with E-state index >= 15 is 0 Å². The number of nitrogen functional groups attached to an aromatic ring is 1. The summed E-state index contributed by atoms with van der Waals surface area (Å²) in [6.45, 7) is 5.77. The van der Waals surface area contributed by atoms with Crippen molar-refractivity contribution < 1.29 is 9.53 Å². The first-order valence-corrected chi connectivity index (χ1v) is 10.2. The Balaban J connectivity index is 1.80. The molecule has 0 atom stereocenters. The van der Waals surface area contributed by atoms with Gasteiger partial charge in [0.15, 0.2) is 0 Å². The quantitative estimate of drug-likeness (QED) is 0.735. The third kappa shape index (κ3) is 3.67. The smallest absolute Gasteiger partial charge is 0.221 e. The molecule has 2 aliphatic rings. The maximum atomic E-state index is 12.0. The van der Waals surface area contributed by atoms with Gasteiger partial charge in [0.2, 0.25) is 5.91 Å². The van der Waals surface area contributed by atoms with Crippen LogP contribution in [0.25, 0.3) is 11.3 Å². The average molecular weight is 396 g/mol. The van der Waals surface area contributed by atoms with E-state index in [1.165, 1.54) is 13.3 Å². The fourth-order valence-electron chi connectivity index (χ4n) is 4.63. The van der Waals surface area contributed by atoms with E-state index in [2.05, 4.69) is 29.1 Å². The van der Waals surface area contributed by atoms with E-state index in [1.807, 2.05) is 12.1 Å². The van der Waals surface area contributed by atoms with Gasteiger partial charge in [-0.1, -0.05) is 13.8 Å². The van der Waals surface area contributed by atoms with Crippen LogP contribution in [0.1, 0.15) is 57.6 Å². The summed E-state index contributed by atoms with van der Waals surface area (Å²) in [4.78, 5) is 20.7. The number of nitrogens with two attached hydrogens (primary N) is 2. The van der Waals surface area contributed by atoms with Crippen LogP contribution < -0.4 is 21.5 Å². The largest absolute Gasteiger partial charge is 0.488 e. The van der Waals surface area contributed by atoms with Crippen molar-refractivity contribution in [2.45, 2.75) is 70.4 Å². The second-order valence-electron chi connectivity index (χ2n) is 8.84. The van der Waals surface area contributed by atoms with Gasteiger partial charge in [-0.15, -0.1) is 0 Å². The molecule has 154 valence electrons. The van der Waals surface area contributed by atoms with Gasteiger partial charge in [-0.3, -0.25) is 4.79 Å². The number of carbonyl (C=O) groups excluding carboxylic acids is 1. The molecule has 7 heteroatoms.